The Morgan fingerprint density at radius 2 is 2.22 bits per heavy atom. The second-order valence-corrected chi connectivity index (χ2v) is 4.64. The molecule has 1 aromatic rings. The van der Waals surface area contributed by atoms with Crippen molar-refractivity contribution >= 4 is 23.1 Å². The van der Waals surface area contributed by atoms with Gasteiger partial charge >= 0.3 is 0 Å². The number of hydrogen-bond acceptors (Lipinski definition) is 3. The molecular formula is C13H18N2O2S. The van der Waals surface area contributed by atoms with E-state index in [0.717, 1.165) is 6.42 Å². The van der Waals surface area contributed by atoms with Crippen molar-refractivity contribution < 1.29 is 9.90 Å². The minimum absolute atomic E-state index is 0.102. The number of benzene rings is 1. The van der Waals surface area contributed by atoms with Crippen molar-refractivity contribution in [2.24, 2.45) is 5.73 Å². The molecule has 98 valence electrons. The Hall–Kier alpha value is -1.62. The molecule has 0 saturated carbocycles. The van der Waals surface area contributed by atoms with Gasteiger partial charge in [-0.1, -0.05) is 31.6 Å². The molecule has 0 aliphatic heterocycles. The van der Waals surface area contributed by atoms with E-state index >= 15 is 0 Å². The predicted octanol–water partition coefficient (Wildman–Crippen LogP) is 1.89. The monoisotopic (exact) mass is 266 g/mol. The van der Waals surface area contributed by atoms with Crippen LogP contribution in [-0.4, -0.2) is 22.0 Å². The summed E-state index contributed by atoms with van der Waals surface area (Å²) in [6.45, 7) is 3.69. The number of nitrogens with one attached hydrogen (secondary N) is 1. The number of aromatic hydroxyl groups is 1. The molecule has 4 N–H and O–H groups in total. The number of carbonyl (C=O) groups excluding carboxylic acids is 1. The van der Waals surface area contributed by atoms with Gasteiger partial charge in [0.25, 0.3) is 5.91 Å². The van der Waals surface area contributed by atoms with Gasteiger partial charge in [0.2, 0.25) is 0 Å². The van der Waals surface area contributed by atoms with Gasteiger partial charge in [0.05, 0.1) is 11.0 Å². The van der Waals surface area contributed by atoms with Crippen LogP contribution in [0.5, 0.6) is 5.75 Å². The smallest absolute Gasteiger partial charge is 0.252 e. The third-order valence-corrected chi connectivity index (χ3v) is 3.06. The zero-order valence-electron chi connectivity index (χ0n) is 10.6. The van der Waals surface area contributed by atoms with Crippen LogP contribution in [0.25, 0.3) is 0 Å². The van der Waals surface area contributed by atoms with Crippen molar-refractivity contribution in [3.05, 3.63) is 29.3 Å². The van der Waals surface area contributed by atoms with E-state index in [4.69, 9.17) is 18.0 Å². The van der Waals surface area contributed by atoms with Crippen LogP contribution >= 0.6 is 12.2 Å². The van der Waals surface area contributed by atoms with Crippen LogP contribution in [0.2, 0.25) is 0 Å². The molecule has 0 bridgehead atoms. The van der Waals surface area contributed by atoms with Crippen molar-refractivity contribution in [1.29, 1.82) is 0 Å². The maximum Gasteiger partial charge on any atom is 0.252 e. The number of phenols is 1. The number of rotatable bonds is 5. The first-order valence-electron chi connectivity index (χ1n) is 5.86. The van der Waals surface area contributed by atoms with Crippen LogP contribution < -0.4 is 11.1 Å². The highest BCUT2D eigenvalue weighted by atomic mass is 32.1. The SMILES string of the molecule is CCCC(NC(=O)c1cccc(O)c1C)C(N)=S. The van der Waals surface area contributed by atoms with Crippen LogP contribution in [0.1, 0.15) is 35.7 Å². The largest absolute Gasteiger partial charge is 0.508 e. The lowest BCUT2D eigenvalue weighted by Gasteiger charge is -2.17. The lowest BCUT2D eigenvalue weighted by atomic mass is 10.1. The fourth-order valence-electron chi connectivity index (χ4n) is 1.68. The van der Waals surface area contributed by atoms with Gasteiger partial charge in [-0.3, -0.25) is 4.79 Å². The van der Waals surface area contributed by atoms with Gasteiger partial charge < -0.3 is 16.2 Å². The molecule has 4 nitrogen and oxygen atoms in total. The van der Waals surface area contributed by atoms with E-state index in [1.54, 1.807) is 25.1 Å². The van der Waals surface area contributed by atoms with Crippen LogP contribution in [-0.2, 0) is 0 Å². The first kappa shape index (κ1) is 14.4. The Bertz CT molecular complexity index is 460. The molecule has 0 aromatic heterocycles. The highest BCUT2D eigenvalue weighted by molar-refractivity contribution is 7.80. The van der Waals surface area contributed by atoms with Gasteiger partial charge in [0, 0.05) is 11.1 Å². The molecule has 0 aliphatic rings. The Kier molecular flexibility index (Phi) is 5.09. The maximum atomic E-state index is 12.1. The zero-order chi connectivity index (χ0) is 13.7. The molecule has 5 heteroatoms. The topological polar surface area (TPSA) is 75.3 Å². The van der Waals surface area contributed by atoms with Gasteiger partial charge in [-0.25, -0.2) is 0 Å². The molecule has 0 spiro atoms. The highest BCUT2D eigenvalue weighted by Gasteiger charge is 2.17. The standard InChI is InChI=1S/C13H18N2O2S/c1-3-5-10(12(14)18)15-13(17)9-6-4-7-11(16)8(9)2/h4,6-7,10,16H,3,5H2,1-2H3,(H2,14,18)(H,15,17). The molecule has 1 unspecified atom stereocenters. The van der Waals surface area contributed by atoms with E-state index in [1.165, 1.54) is 0 Å². The summed E-state index contributed by atoms with van der Waals surface area (Å²) >= 11 is 4.92. The molecule has 1 amide bonds. The minimum Gasteiger partial charge on any atom is -0.508 e. The summed E-state index contributed by atoms with van der Waals surface area (Å²) in [6, 6.07) is 4.53. The van der Waals surface area contributed by atoms with Crippen LogP contribution in [0.4, 0.5) is 0 Å². The van der Waals surface area contributed by atoms with E-state index in [2.05, 4.69) is 5.32 Å². The Balaban J connectivity index is 2.87. The molecule has 18 heavy (non-hydrogen) atoms. The summed E-state index contributed by atoms with van der Waals surface area (Å²) < 4.78 is 0. The Morgan fingerprint density at radius 1 is 1.56 bits per heavy atom. The molecule has 0 aliphatic carbocycles. The molecular weight excluding hydrogens is 248 g/mol. The average Bonchev–Trinajstić information content (AvgIpc) is 2.31. The molecule has 0 radical (unpaired) electrons. The molecule has 0 saturated heterocycles. The molecule has 0 heterocycles. The first-order chi connectivity index (χ1) is 8.47. The third-order valence-electron chi connectivity index (χ3n) is 2.78. The first-order valence-corrected chi connectivity index (χ1v) is 6.27. The number of nitrogens with two attached hydrogens (primary N) is 1. The summed E-state index contributed by atoms with van der Waals surface area (Å²) in [5.41, 5.74) is 6.57. The van der Waals surface area contributed by atoms with Crippen molar-refractivity contribution in [1.82, 2.24) is 5.32 Å². The van der Waals surface area contributed by atoms with E-state index < -0.39 is 0 Å². The zero-order valence-corrected chi connectivity index (χ0v) is 11.4. The van der Waals surface area contributed by atoms with Gasteiger partial charge in [-0.2, -0.15) is 0 Å². The second-order valence-electron chi connectivity index (χ2n) is 4.17. The Labute approximate surface area is 112 Å². The average molecular weight is 266 g/mol. The Morgan fingerprint density at radius 3 is 2.78 bits per heavy atom. The second kappa shape index (κ2) is 6.35. The third kappa shape index (κ3) is 3.43. The summed E-state index contributed by atoms with van der Waals surface area (Å²) in [6.07, 6.45) is 1.58. The number of carbonyl (C=O) groups is 1. The fourth-order valence-corrected chi connectivity index (χ4v) is 1.86. The van der Waals surface area contributed by atoms with Crippen LogP contribution in [0, 0.1) is 6.92 Å². The van der Waals surface area contributed by atoms with Crippen LogP contribution in [0.3, 0.4) is 0 Å². The van der Waals surface area contributed by atoms with Crippen LogP contribution in [0.15, 0.2) is 18.2 Å². The summed E-state index contributed by atoms with van der Waals surface area (Å²) in [5.74, 6) is -0.167. The van der Waals surface area contributed by atoms with E-state index in [-0.39, 0.29) is 22.7 Å². The van der Waals surface area contributed by atoms with Crippen molar-refractivity contribution in [3.8, 4) is 5.75 Å². The molecule has 1 aromatic carbocycles. The maximum absolute atomic E-state index is 12.1. The lowest BCUT2D eigenvalue weighted by molar-refractivity contribution is 0.0944. The quantitative estimate of drug-likeness (QED) is 0.711. The predicted molar refractivity (Wildman–Crippen MR) is 75.8 cm³/mol. The molecule has 1 atom stereocenters. The fraction of sp³-hybridized carbons (Fsp3) is 0.385. The highest BCUT2D eigenvalue weighted by Crippen LogP contribution is 2.19. The summed E-state index contributed by atoms with van der Waals surface area (Å²) in [4.78, 5) is 12.4. The lowest BCUT2D eigenvalue weighted by Crippen LogP contribution is -2.43. The van der Waals surface area contributed by atoms with E-state index in [1.807, 2.05) is 6.92 Å². The number of thiocarbonyl (C=S) groups is 1. The van der Waals surface area contributed by atoms with Gasteiger partial charge in [0.1, 0.15) is 5.75 Å². The summed E-state index contributed by atoms with van der Waals surface area (Å²) in [7, 11) is 0. The van der Waals surface area contributed by atoms with Crippen molar-refractivity contribution in [2.75, 3.05) is 0 Å². The number of hydrogen-bond donors (Lipinski definition) is 3. The van der Waals surface area contributed by atoms with E-state index in [0.29, 0.717) is 17.5 Å². The minimum atomic E-state index is -0.306. The molecule has 1 rings (SSSR count). The number of phenolic OH excluding ortho intramolecular Hbond substituents is 1. The number of amides is 1. The normalized spacial score (nSPS) is 11.9. The van der Waals surface area contributed by atoms with Gasteiger partial charge in [-0.05, 0) is 25.5 Å². The summed E-state index contributed by atoms with van der Waals surface area (Å²) in [5, 5.41) is 12.4. The van der Waals surface area contributed by atoms with Gasteiger partial charge in [-0.15, -0.1) is 0 Å². The van der Waals surface area contributed by atoms with Gasteiger partial charge in [0.15, 0.2) is 0 Å². The van der Waals surface area contributed by atoms with Crippen molar-refractivity contribution in [3.63, 3.8) is 0 Å². The van der Waals surface area contributed by atoms with E-state index in [9.17, 15) is 9.90 Å². The van der Waals surface area contributed by atoms with Crippen molar-refractivity contribution in [2.45, 2.75) is 32.7 Å². The molecule has 0 fully saturated rings.